The molecule has 0 N–H and O–H groups in total. The van der Waals surface area contributed by atoms with Gasteiger partial charge in [-0.2, -0.15) is 0 Å². The van der Waals surface area contributed by atoms with Crippen molar-refractivity contribution in [3.63, 3.8) is 0 Å². The van der Waals surface area contributed by atoms with Gasteiger partial charge in [-0.1, -0.05) is 18.2 Å². The second-order valence-electron chi connectivity index (χ2n) is 4.55. The Kier molecular flexibility index (Phi) is 4.21. The first-order chi connectivity index (χ1) is 9.60. The molecule has 6 heteroatoms. The van der Waals surface area contributed by atoms with Crippen LogP contribution in [0, 0.1) is 2.88 Å². The molecule has 0 bridgehead atoms. The smallest absolute Gasteiger partial charge is 0.246 e. The highest BCUT2D eigenvalue weighted by Crippen LogP contribution is 2.42. The lowest BCUT2D eigenvalue weighted by atomic mass is 9.90. The van der Waals surface area contributed by atoms with Crippen LogP contribution in [0.25, 0.3) is 0 Å². The maximum absolute atomic E-state index is 12.0. The molecule has 0 aliphatic carbocycles. The Morgan fingerprint density at radius 1 is 1.55 bits per heavy atom. The number of rotatable bonds is 2. The van der Waals surface area contributed by atoms with Crippen LogP contribution < -0.4 is 0 Å². The number of carbonyl (C=O) groups excluding carboxylic acids is 1. The number of nitrogens with zero attached hydrogens (tertiary/aromatic N) is 1. The third kappa shape index (κ3) is 2.56. The molecule has 0 spiro atoms. The van der Waals surface area contributed by atoms with Crippen molar-refractivity contribution in [2.45, 2.75) is 12.5 Å². The molecule has 2 nitrogen and oxygen atoms in total. The van der Waals surface area contributed by atoms with Crippen molar-refractivity contribution in [1.82, 2.24) is 4.90 Å². The van der Waals surface area contributed by atoms with Crippen LogP contribution in [0.3, 0.4) is 0 Å². The Hall–Kier alpha value is -0.370. The summed E-state index contributed by atoms with van der Waals surface area (Å²) in [5.74, 6) is 0.194. The van der Waals surface area contributed by atoms with E-state index in [-0.39, 0.29) is 11.8 Å². The summed E-state index contributed by atoms with van der Waals surface area (Å²) in [6, 6.07) is 4.20. The first-order valence-corrected chi connectivity index (χ1v) is 9.17. The van der Waals surface area contributed by atoms with Crippen molar-refractivity contribution >= 4 is 62.8 Å². The number of hydrogen-bond acceptors (Lipinski definition) is 3. The fourth-order valence-corrected chi connectivity index (χ4v) is 5.53. The maximum atomic E-state index is 12.0. The van der Waals surface area contributed by atoms with Crippen molar-refractivity contribution in [2.24, 2.45) is 0 Å². The molecular weight excluding hydrogens is 425 g/mol. The van der Waals surface area contributed by atoms with Crippen LogP contribution in [0.4, 0.5) is 0 Å². The summed E-state index contributed by atoms with van der Waals surface area (Å²) >= 11 is 11.8. The minimum Gasteiger partial charge on any atom is -0.333 e. The molecule has 1 atom stereocenters. The molecule has 0 radical (unpaired) electrons. The first-order valence-electron chi connectivity index (χ1n) is 6.02. The second kappa shape index (κ2) is 5.79. The molecule has 1 aliphatic heterocycles. The van der Waals surface area contributed by atoms with E-state index in [4.69, 9.17) is 11.6 Å². The molecule has 0 saturated carbocycles. The second-order valence-corrected chi connectivity index (χ2v) is 9.05. The lowest BCUT2D eigenvalue weighted by Crippen LogP contribution is -2.36. The van der Waals surface area contributed by atoms with Gasteiger partial charge < -0.3 is 4.90 Å². The number of carbonyl (C=O) groups is 1. The van der Waals surface area contributed by atoms with E-state index in [2.05, 4.69) is 46.7 Å². The largest absolute Gasteiger partial charge is 0.333 e. The molecule has 3 rings (SSSR count). The summed E-state index contributed by atoms with van der Waals surface area (Å²) in [5, 5.41) is 2.10. The minimum absolute atomic E-state index is 0.0181. The lowest BCUT2D eigenvalue weighted by Gasteiger charge is -2.32. The minimum atomic E-state index is -0.0181. The third-order valence-corrected chi connectivity index (χ3v) is 6.80. The van der Waals surface area contributed by atoms with Crippen LogP contribution >= 0.6 is 56.9 Å². The van der Waals surface area contributed by atoms with E-state index in [0.717, 1.165) is 4.34 Å². The van der Waals surface area contributed by atoms with Gasteiger partial charge in [0.1, 0.15) is 0 Å². The fourth-order valence-electron chi connectivity index (χ4n) is 2.50. The van der Waals surface area contributed by atoms with E-state index in [0.29, 0.717) is 13.1 Å². The fraction of sp³-hybridized carbons (Fsp3) is 0.214. The van der Waals surface area contributed by atoms with Crippen LogP contribution in [-0.2, 0) is 11.3 Å². The van der Waals surface area contributed by atoms with E-state index < -0.39 is 0 Å². The summed E-state index contributed by atoms with van der Waals surface area (Å²) < 4.78 is 2.06. The Balaban J connectivity index is 2.06. The quantitative estimate of drug-likeness (QED) is 0.493. The van der Waals surface area contributed by atoms with Gasteiger partial charge in [-0.25, -0.2) is 0 Å². The van der Waals surface area contributed by atoms with Crippen molar-refractivity contribution in [3.05, 3.63) is 53.4 Å². The van der Waals surface area contributed by atoms with Crippen LogP contribution in [0.2, 0.25) is 4.34 Å². The third-order valence-electron chi connectivity index (χ3n) is 3.43. The SMILES string of the molecule is C=CC(=O)N1Cc2sc(Cl)cc2[C@H](c2ccsc2I)C1. The van der Waals surface area contributed by atoms with Gasteiger partial charge in [0.05, 0.1) is 13.8 Å². The monoisotopic (exact) mass is 435 g/mol. The molecule has 2 aromatic heterocycles. The van der Waals surface area contributed by atoms with Crippen LogP contribution in [0.15, 0.2) is 30.2 Å². The molecule has 20 heavy (non-hydrogen) atoms. The Bertz CT molecular complexity index is 679. The van der Waals surface area contributed by atoms with Crippen molar-refractivity contribution < 1.29 is 4.79 Å². The maximum Gasteiger partial charge on any atom is 0.246 e. The van der Waals surface area contributed by atoms with Crippen molar-refractivity contribution in [3.8, 4) is 0 Å². The van der Waals surface area contributed by atoms with E-state index in [1.165, 1.54) is 25.0 Å². The van der Waals surface area contributed by atoms with Gasteiger partial charge in [0.15, 0.2) is 0 Å². The van der Waals surface area contributed by atoms with Gasteiger partial charge in [-0.05, 0) is 57.3 Å². The summed E-state index contributed by atoms with van der Waals surface area (Å²) in [7, 11) is 0. The number of amides is 1. The summed E-state index contributed by atoms with van der Waals surface area (Å²) in [6.45, 7) is 4.91. The molecular formula is C14H11ClINOS2. The average molecular weight is 436 g/mol. The van der Waals surface area contributed by atoms with E-state index in [9.17, 15) is 4.79 Å². The van der Waals surface area contributed by atoms with E-state index in [1.54, 1.807) is 22.7 Å². The number of fused-ring (bicyclic) bond motifs is 1. The van der Waals surface area contributed by atoms with Gasteiger partial charge in [-0.3, -0.25) is 4.79 Å². The van der Waals surface area contributed by atoms with Crippen LogP contribution in [-0.4, -0.2) is 17.4 Å². The van der Waals surface area contributed by atoms with Gasteiger partial charge in [0.25, 0.3) is 0 Å². The standard InChI is InChI=1S/C14H11ClINOS2/c1-2-13(18)17-6-10(8-3-4-19-14(8)16)9-5-12(15)20-11(9)7-17/h2-5,10H,1,6-7H2/t10-/m0/s1. The first kappa shape index (κ1) is 14.6. The molecule has 1 amide bonds. The van der Waals surface area contributed by atoms with Gasteiger partial charge >= 0.3 is 0 Å². The highest BCUT2D eigenvalue weighted by molar-refractivity contribution is 14.1. The highest BCUT2D eigenvalue weighted by atomic mass is 127. The summed E-state index contributed by atoms with van der Waals surface area (Å²) in [5.41, 5.74) is 2.55. The van der Waals surface area contributed by atoms with Crippen LogP contribution in [0.1, 0.15) is 21.9 Å². The van der Waals surface area contributed by atoms with Gasteiger partial charge in [0, 0.05) is 17.3 Å². The van der Waals surface area contributed by atoms with Gasteiger partial charge in [-0.15, -0.1) is 22.7 Å². The zero-order valence-electron chi connectivity index (χ0n) is 10.4. The molecule has 0 fully saturated rings. The Labute approximate surface area is 144 Å². The van der Waals surface area contributed by atoms with Gasteiger partial charge in [0.2, 0.25) is 5.91 Å². The molecule has 1 aliphatic rings. The van der Waals surface area contributed by atoms with E-state index in [1.807, 2.05) is 4.90 Å². The zero-order chi connectivity index (χ0) is 14.3. The zero-order valence-corrected chi connectivity index (χ0v) is 15.0. The van der Waals surface area contributed by atoms with Crippen molar-refractivity contribution in [1.29, 1.82) is 0 Å². The predicted molar refractivity (Wildman–Crippen MR) is 93.8 cm³/mol. The molecule has 0 aromatic carbocycles. The molecule has 0 saturated heterocycles. The number of thiophene rings is 2. The van der Waals surface area contributed by atoms with Crippen LogP contribution in [0.5, 0.6) is 0 Å². The normalized spacial score (nSPS) is 17.9. The van der Waals surface area contributed by atoms with E-state index >= 15 is 0 Å². The lowest BCUT2D eigenvalue weighted by molar-refractivity contribution is -0.127. The topological polar surface area (TPSA) is 20.3 Å². The predicted octanol–water partition coefficient (Wildman–Crippen LogP) is 4.73. The molecule has 104 valence electrons. The summed E-state index contributed by atoms with van der Waals surface area (Å²) in [6.07, 6.45) is 1.38. The highest BCUT2D eigenvalue weighted by Gasteiger charge is 2.31. The Morgan fingerprint density at radius 3 is 3.00 bits per heavy atom. The van der Waals surface area contributed by atoms with Crippen molar-refractivity contribution in [2.75, 3.05) is 6.54 Å². The molecule has 2 aromatic rings. The average Bonchev–Trinajstić information content (AvgIpc) is 3.01. The summed E-state index contributed by atoms with van der Waals surface area (Å²) in [4.78, 5) is 15.0. The Morgan fingerprint density at radius 2 is 2.35 bits per heavy atom. The molecule has 0 unspecified atom stereocenters. The number of halogens is 2. The molecule has 3 heterocycles. The number of hydrogen-bond donors (Lipinski definition) is 0.